The Bertz CT molecular complexity index is 615. The highest BCUT2D eigenvalue weighted by molar-refractivity contribution is 7.11. The second-order valence-electron chi connectivity index (χ2n) is 5.41. The molecule has 0 spiro atoms. The van der Waals surface area contributed by atoms with Crippen molar-refractivity contribution in [3.8, 4) is 0 Å². The summed E-state index contributed by atoms with van der Waals surface area (Å²) in [5.74, 6) is 0.268. The quantitative estimate of drug-likeness (QED) is 0.859. The van der Waals surface area contributed by atoms with E-state index in [1.54, 1.807) is 24.1 Å². The largest absolute Gasteiger partial charge is 0.379 e. The molecule has 0 aromatic carbocycles. The van der Waals surface area contributed by atoms with Crippen LogP contribution in [0.2, 0.25) is 0 Å². The number of hydrogen-bond acceptors (Lipinski definition) is 6. The second-order valence-corrected chi connectivity index (χ2v) is 6.30. The first kappa shape index (κ1) is 15.1. The number of hydrogen-bond donors (Lipinski definition) is 0. The summed E-state index contributed by atoms with van der Waals surface area (Å²) in [6, 6.07) is 0. The van der Waals surface area contributed by atoms with Gasteiger partial charge in [0.15, 0.2) is 0 Å². The maximum atomic E-state index is 12.5. The van der Waals surface area contributed by atoms with Gasteiger partial charge in [-0.15, -0.1) is 11.3 Å². The molecule has 0 N–H and O–H groups in total. The van der Waals surface area contributed by atoms with Crippen molar-refractivity contribution in [1.29, 1.82) is 0 Å². The minimum Gasteiger partial charge on any atom is -0.379 e. The lowest BCUT2D eigenvalue weighted by atomic mass is 10.0. The fourth-order valence-corrected chi connectivity index (χ4v) is 3.07. The smallest absolute Gasteiger partial charge is 0.265 e. The zero-order valence-electron chi connectivity index (χ0n) is 12.4. The maximum absolute atomic E-state index is 12.5. The van der Waals surface area contributed by atoms with Gasteiger partial charge >= 0.3 is 0 Å². The summed E-state index contributed by atoms with van der Waals surface area (Å²) in [5, 5.41) is 0. The molecule has 2 aromatic heterocycles. The van der Waals surface area contributed by atoms with Crippen molar-refractivity contribution in [3.63, 3.8) is 0 Å². The van der Waals surface area contributed by atoms with Gasteiger partial charge in [-0.25, -0.2) is 0 Å². The Morgan fingerprint density at radius 1 is 1.41 bits per heavy atom. The molecule has 1 atom stereocenters. The predicted octanol–water partition coefficient (Wildman–Crippen LogP) is 1.57. The fraction of sp³-hybridized carbons (Fsp3) is 0.467. The first-order valence-corrected chi connectivity index (χ1v) is 8.13. The Morgan fingerprint density at radius 2 is 2.32 bits per heavy atom. The van der Waals surface area contributed by atoms with Crippen LogP contribution in [0.1, 0.15) is 21.1 Å². The van der Waals surface area contributed by atoms with Gasteiger partial charge in [-0.05, 0) is 13.3 Å². The Kier molecular flexibility index (Phi) is 4.74. The first-order chi connectivity index (χ1) is 10.7. The van der Waals surface area contributed by atoms with Crippen LogP contribution in [0.5, 0.6) is 0 Å². The standard InChI is InChI=1S/C15H18N4O2S/c1-11-5-18-13(6-17-11)4-12-8-19(2-3-21-9-12)15(20)14-7-16-10-22-14/h5-7,10,12H,2-4,8-9H2,1H3/t12-/m1/s1. The Labute approximate surface area is 133 Å². The third-order valence-electron chi connectivity index (χ3n) is 3.60. The first-order valence-electron chi connectivity index (χ1n) is 7.25. The molecule has 3 heterocycles. The number of aryl methyl sites for hydroxylation is 1. The summed E-state index contributed by atoms with van der Waals surface area (Å²) in [6.45, 7) is 4.42. The normalized spacial score (nSPS) is 19.0. The van der Waals surface area contributed by atoms with E-state index in [0.29, 0.717) is 31.2 Å². The van der Waals surface area contributed by atoms with Crippen LogP contribution in [-0.4, -0.2) is 52.1 Å². The number of rotatable bonds is 3. The number of nitrogens with zero attached hydrogens (tertiary/aromatic N) is 4. The van der Waals surface area contributed by atoms with Gasteiger partial charge < -0.3 is 9.64 Å². The van der Waals surface area contributed by atoms with Crippen LogP contribution in [0.15, 0.2) is 24.1 Å². The van der Waals surface area contributed by atoms with Crippen molar-refractivity contribution in [3.05, 3.63) is 40.4 Å². The molecule has 1 amide bonds. The molecule has 0 saturated carbocycles. The maximum Gasteiger partial charge on any atom is 0.265 e. The Morgan fingerprint density at radius 3 is 3.05 bits per heavy atom. The molecule has 3 rings (SSSR count). The van der Waals surface area contributed by atoms with Crippen LogP contribution in [-0.2, 0) is 11.2 Å². The van der Waals surface area contributed by atoms with E-state index < -0.39 is 0 Å². The van der Waals surface area contributed by atoms with E-state index in [9.17, 15) is 4.79 Å². The van der Waals surface area contributed by atoms with Gasteiger partial charge in [-0.3, -0.25) is 19.7 Å². The van der Waals surface area contributed by atoms with Crippen molar-refractivity contribution in [2.75, 3.05) is 26.3 Å². The van der Waals surface area contributed by atoms with Gasteiger partial charge in [0, 0.05) is 31.4 Å². The molecule has 0 radical (unpaired) electrons. The number of carbonyl (C=O) groups is 1. The number of aromatic nitrogens is 3. The minimum atomic E-state index is 0.0352. The molecular weight excluding hydrogens is 300 g/mol. The van der Waals surface area contributed by atoms with Gasteiger partial charge in [0.1, 0.15) is 4.88 Å². The van der Waals surface area contributed by atoms with E-state index in [0.717, 1.165) is 17.8 Å². The molecule has 22 heavy (non-hydrogen) atoms. The summed E-state index contributed by atoms with van der Waals surface area (Å²) < 4.78 is 5.65. The zero-order chi connectivity index (χ0) is 15.4. The molecule has 7 heteroatoms. The van der Waals surface area contributed by atoms with Gasteiger partial charge in [0.25, 0.3) is 5.91 Å². The van der Waals surface area contributed by atoms with E-state index in [1.165, 1.54) is 11.3 Å². The van der Waals surface area contributed by atoms with Crippen molar-refractivity contribution < 1.29 is 9.53 Å². The third-order valence-corrected chi connectivity index (χ3v) is 4.36. The summed E-state index contributed by atoms with van der Waals surface area (Å²) in [5.41, 5.74) is 3.52. The Hall–Kier alpha value is -1.86. The average molecular weight is 318 g/mol. The number of thiazole rings is 1. The van der Waals surface area contributed by atoms with Crippen LogP contribution in [0, 0.1) is 12.8 Å². The summed E-state index contributed by atoms with van der Waals surface area (Å²) in [6.07, 6.45) is 5.96. The molecule has 0 unspecified atom stereocenters. The number of amides is 1. The van der Waals surface area contributed by atoms with Crippen LogP contribution < -0.4 is 0 Å². The van der Waals surface area contributed by atoms with Gasteiger partial charge in [-0.2, -0.15) is 0 Å². The van der Waals surface area contributed by atoms with Gasteiger partial charge in [-0.1, -0.05) is 0 Å². The van der Waals surface area contributed by atoms with E-state index >= 15 is 0 Å². The molecular formula is C15H18N4O2S. The molecule has 1 saturated heterocycles. The van der Waals surface area contributed by atoms with Crippen molar-refractivity contribution in [2.24, 2.45) is 5.92 Å². The molecule has 1 aliphatic rings. The van der Waals surface area contributed by atoms with E-state index in [4.69, 9.17) is 4.74 Å². The second kappa shape index (κ2) is 6.93. The minimum absolute atomic E-state index is 0.0352. The SMILES string of the molecule is Cc1cnc(C[C@H]2COCCN(C(=O)c3cncs3)C2)cn1. The van der Waals surface area contributed by atoms with Crippen LogP contribution >= 0.6 is 11.3 Å². The van der Waals surface area contributed by atoms with E-state index in [2.05, 4.69) is 15.0 Å². The fourth-order valence-electron chi connectivity index (χ4n) is 2.49. The number of carbonyl (C=O) groups excluding carboxylic acids is 1. The summed E-state index contributed by atoms with van der Waals surface area (Å²) in [4.78, 5) is 27.6. The zero-order valence-corrected chi connectivity index (χ0v) is 13.3. The highest BCUT2D eigenvalue weighted by Gasteiger charge is 2.24. The molecule has 0 aliphatic carbocycles. The van der Waals surface area contributed by atoms with Crippen LogP contribution in [0.4, 0.5) is 0 Å². The topological polar surface area (TPSA) is 68.2 Å². The molecule has 6 nitrogen and oxygen atoms in total. The average Bonchev–Trinajstić information content (AvgIpc) is 2.96. The van der Waals surface area contributed by atoms with E-state index in [1.807, 2.05) is 11.8 Å². The van der Waals surface area contributed by atoms with Crippen molar-refractivity contribution >= 4 is 17.2 Å². The predicted molar refractivity (Wildman–Crippen MR) is 82.8 cm³/mol. The molecule has 2 aromatic rings. The molecule has 116 valence electrons. The lowest BCUT2D eigenvalue weighted by molar-refractivity contribution is 0.0742. The molecule has 0 bridgehead atoms. The summed E-state index contributed by atoms with van der Waals surface area (Å²) in [7, 11) is 0. The van der Waals surface area contributed by atoms with Gasteiger partial charge in [0.2, 0.25) is 0 Å². The highest BCUT2D eigenvalue weighted by atomic mass is 32.1. The molecule has 1 fully saturated rings. The van der Waals surface area contributed by atoms with Crippen LogP contribution in [0.25, 0.3) is 0 Å². The number of ether oxygens (including phenoxy) is 1. The van der Waals surface area contributed by atoms with Crippen LogP contribution in [0.3, 0.4) is 0 Å². The van der Waals surface area contributed by atoms with E-state index in [-0.39, 0.29) is 11.8 Å². The Balaban J connectivity index is 1.67. The van der Waals surface area contributed by atoms with Crippen molar-refractivity contribution in [1.82, 2.24) is 19.9 Å². The monoisotopic (exact) mass is 318 g/mol. The lowest BCUT2D eigenvalue weighted by Gasteiger charge is -2.22. The van der Waals surface area contributed by atoms with Crippen molar-refractivity contribution in [2.45, 2.75) is 13.3 Å². The van der Waals surface area contributed by atoms with Gasteiger partial charge in [0.05, 0.1) is 36.3 Å². The summed E-state index contributed by atoms with van der Waals surface area (Å²) >= 11 is 1.37. The third kappa shape index (κ3) is 3.66. The highest BCUT2D eigenvalue weighted by Crippen LogP contribution is 2.16. The molecule has 1 aliphatic heterocycles. The lowest BCUT2D eigenvalue weighted by Crippen LogP contribution is -2.36.